The molecule has 0 unspecified atom stereocenters. The third-order valence-electron chi connectivity index (χ3n) is 4.14. The zero-order chi connectivity index (χ0) is 14.3. The topological polar surface area (TPSA) is 67.6 Å². The molecule has 0 aromatic heterocycles. The second kappa shape index (κ2) is 7.82. The Hall–Kier alpha value is -0.650. The highest BCUT2D eigenvalue weighted by atomic mass is 16.5. The van der Waals surface area contributed by atoms with Gasteiger partial charge >= 0.3 is 0 Å². The molecule has 0 aliphatic carbocycles. The number of nitrogens with one attached hydrogen (secondary N) is 1. The number of likely N-dealkylation sites (N-methyl/N-ethyl adjacent to an activating group) is 1. The predicted molar refractivity (Wildman–Crippen MR) is 76.9 cm³/mol. The molecule has 0 aromatic rings. The lowest BCUT2D eigenvalue weighted by Gasteiger charge is -2.35. The van der Waals surface area contributed by atoms with Crippen LogP contribution in [0, 0.1) is 5.41 Å². The lowest BCUT2D eigenvalue weighted by molar-refractivity contribution is -0.135. The van der Waals surface area contributed by atoms with Crippen molar-refractivity contribution in [1.29, 1.82) is 0 Å². The fraction of sp³-hybridized carbons (Fsp3) is 0.929. The van der Waals surface area contributed by atoms with E-state index in [0.717, 1.165) is 25.9 Å². The van der Waals surface area contributed by atoms with Crippen molar-refractivity contribution in [2.24, 2.45) is 11.1 Å². The molecule has 1 aliphatic rings. The van der Waals surface area contributed by atoms with Gasteiger partial charge in [-0.25, -0.2) is 0 Å². The van der Waals surface area contributed by atoms with Gasteiger partial charge in [0.1, 0.15) is 0 Å². The van der Waals surface area contributed by atoms with Crippen LogP contribution < -0.4 is 11.1 Å². The van der Waals surface area contributed by atoms with Gasteiger partial charge in [-0.05, 0) is 33.2 Å². The first kappa shape index (κ1) is 16.4. The Labute approximate surface area is 116 Å². The van der Waals surface area contributed by atoms with Gasteiger partial charge < -0.3 is 15.8 Å². The third-order valence-corrected chi connectivity index (χ3v) is 4.14. The van der Waals surface area contributed by atoms with E-state index in [4.69, 9.17) is 10.5 Å². The molecule has 0 radical (unpaired) electrons. The molecule has 0 aromatic carbocycles. The highest BCUT2D eigenvalue weighted by Gasteiger charge is 2.38. The van der Waals surface area contributed by atoms with Gasteiger partial charge in [0.25, 0.3) is 0 Å². The number of carbonyl (C=O) groups excluding carboxylic acids is 1. The highest BCUT2D eigenvalue weighted by molar-refractivity contribution is 5.83. The maximum absolute atomic E-state index is 12.3. The summed E-state index contributed by atoms with van der Waals surface area (Å²) in [4.78, 5) is 14.7. The number of nitrogens with two attached hydrogens (primary N) is 1. The van der Waals surface area contributed by atoms with E-state index in [0.29, 0.717) is 32.3 Å². The van der Waals surface area contributed by atoms with Crippen molar-refractivity contribution >= 4 is 5.91 Å². The largest absolute Gasteiger partial charge is 0.381 e. The molecule has 1 amide bonds. The van der Waals surface area contributed by atoms with Gasteiger partial charge in [0.15, 0.2) is 0 Å². The van der Waals surface area contributed by atoms with E-state index in [1.807, 2.05) is 0 Å². The van der Waals surface area contributed by atoms with E-state index in [2.05, 4.69) is 31.0 Å². The number of ether oxygens (including phenoxy) is 1. The molecule has 0 saturated carbocycles. The quantitative estimate of drug-likeness (QED) is 0.711. The molecular weight excluding hydrogens is 242 g/mol. The Morgan fingerprint density at radius 3 is 2.53 bits per heavy atom. The molecule has 1 fully saturated rings. The number of carbonyl (C=O) groups is 1. The molecule has 0 bridgehead atoms. The lowest BCUT2D eigenvalue weighted by atomic mass is 9.79. The Bertz CT molecular complexity index is 276. The van der Waals surface area contributed by atoms with Gasteiger partial charge in [-0.2, -0.15) is 0 Å². The Morgan fingerprint density at radius 1 is 1.42 bits per heavy atom. The van der Waals surface area contributed by atoms with Crippen LogP contribution in [0.5, 0.6) is 0 Å². The minimum Gasteiger partial charge on any atom is -0.381 e. The minimum atomic E-state index is -0.410. The predicted octanol–water partition coefficient (Wildman–Crippen LogP) is 0.588. The van der Waals surface area contributed by atoms with Crippen LogP contribution >= 0.6 is 0 Å². The van der Waals surface area contributed by atoms with Gasteiger partial charge in [-0.15, -0.1) is 0 Å². The fourth-order valence-electron chi connectivity index (χ4n) is 2.57. The van der Waals surface area contributed by atoms with Crippen molar-refractivity contribution in [3.63, 3.8) is 0 Å². The Balaban J connectivity index is 2.41. The number of rotatable bonds is 7. The maximum atomic E-state index is 12.3. The monoisotopic (exact) mass is 271 g/mol. The SMILES string of the molecule is CCN(CCNC(=O)C1(CN)CCOCC1)C(C)C. The second-order valence-electron chi connectivity index (χ2n) is 5.58. The van der Waals surface area contributed by atoms with Gasteiger partial charge in [0.2, 0.25) is 5.91 Å². The van der Waals surface area contributed by atoms with Crippen molar-refractivity contribution in [3.8, 4) is 0 Å². The van der Waals surface area contributed by atoms with Crippen molar-refractivity contribution in [2.75, 3.05) is 39.4 Å². The van der Waals surface area contributed by atoms with Crippen molar-refractivity contribution in [2.45, 2.75) is 39.7 Å². The molecular formula is C14H29N3O2. The smallest absolute Gasteiger partial charge is 0.227 e. The lowest BCUT2D eigenvalue weighted by Crippen LogP contribution is -2.50. The maximum Gasteiger partial charge on any atom is 0.227 e. The first-order valence-electron chi connectivity index (χ1n) is 7.36. The molecule has 19 heavy (non-hydrogen) atoms. The van der Waals surface area contributed by atoms with Crippen LogP contribution in [0.25, 0.3) is 0 Å². The van der Waals surface area contributed by atoms with Crippen molar-refractivity contribution < 1.29 is 9.53 Å². The van der Waals surface area contributed by atoms with E-state index >= 15 is 0 Å². The Kier molecular flexibility index (Phi) is 6.75. The zero-order valence-electron chi connectivity index (χ0n) is 12.6. The molecule has 5 heteroatoms. The van der Waals surface area contributed by atoms with Gasteiger partial charge in [0, 0.05) is 38.9 Å². The van der Waals surface area contributed by atoms with E-state index < -0.39 is 5.41 Å². The highest BCUT2D eigenvalue weighted by Crippen LogP contribution is 2.29. The second-order valence-corrected chi connectivity index (χ2v) is 5.58. The summed E-state index contributed by atoms with van der Waals surface area (Å²) < 4.78 is 5.32. The molecule has 1 rings (SSSR count). The summed E-state index contributed by atoms with van der Waals surface area (Å²) in [6, 6.07) is 0.508. The fourth-order valence-corrected chi connectivity index (χ4v) is 2.57. The molecule has 0 spiro atoms. The number of nitrogens with zero attached hydrogens (tertiary/aromatic N) is 1. The summed E-state index contributed by atoms with van der Waals surface area (Å²) in [6.07, 6.45) is 1.47. The summed E-state index contributed by atoms with van der Waals surface area (Å²) in [6.45, 7) is 10.7. The van der Waals surface area contributed by atoms with E-state index in [1.54, 1.807) is 0 Å². The standard InChI is InChI=1S/C14H29N3O2/c1-4-17(12(2)3)8-7-16-13(18)14(11-15)5-9-19-10-6-14/h12H,4-11,15H2,1-3H3,(H,16,18). The summed E-state index contributed by atoms with van der Waals surface area (Å²) in [5.41, 5.74) is 5.41. The van der Waals surface area contributed by atoms with Gasteiger partial charge in [-0.1, -0.05) is 6.92 Å². The van der Waals surface area contributed by atoms with Gasteiger partial charge in [0.05, 0.1) is 5.41 Å². The molecule has 1 aliphatic heterocycles. The van der Waals surface area contributed by atoms with Gasteiger partial charge in [-0.3, -0.25) is 9.69 Å². The molecule has 3 N–H and O–H groups in total. The summed E-state index contributed by atoms with van der Waals surface area (Å²) >= 11 is 0. The van der Waals surface area contributed by atoms with Crippen LogP contribution in [0.15, 0.2) is 0 Å². The summed E-state index contributed by atoms with van der Waals surface area (Å²) in [7, 11) is 0. The molecule has 1 saturated heterocycles. The molecule has 112 valence electrons. The third kappa shape index (κ3) is 4.44. The molecule has 0 atom stereocenters. The minimum absolute atomic E-state index is 0.0955. The van der Waals surface area contributed by atoms with E-state index in [1.165, 1.54) is 0 Å². The number of hydrogen-bond donors (Lipinski definition) is 2. The summed E-state index contributed by atoms with van der Waals surface area (Å²) in [5.74, 6) is 0.0955. The normalized spacial score (nSPS) is 18.8. The Morgan fingerprint density at radius 2 is 2.05 bits per heavy atom. The first-order valence-corrected chi connectivity index (χ1v) is 7.36. The van der Waals surface area contributed by atoms with E-state index in [9.17, 15) is 4.79 Å². The van der Waals surface area contributed by atoms with Crippen LogP contribution in [0.4, 0.5) is 0 Å². The molecule has 5 nitrogen and oxygen atoms in total. The van der Waals surface area contributed by atoms with Crippen LogP contribution in [0.1, 0.15) is 33.6 Å². The molecule has 1 heterocycles. The van der Waals surface area contributed by atoms with E-state index in [-0.39, 0.29) is 5.91 Å². The average Bonchev–Trinajstić information content (AvgIpc) is 2.43. The summed E-state index contributed by atoms with van der Waals surface area (Å²) in [5, 5.41) is 3.05. The van der Waals surface area contributed by atoms with Crippen LogP contribution in [-0.2, 0) is 9.53 Å². The number of amides is 1. The first-order chi connectivity index (χ1) is 9.05. The van der Waals surface area contributed by atoms with Crippen LogP contribution in [0.3, 0.4) is 0 Å². The van der Waals surface area contributed by atoms with Crippen molar-refractivity contribution in [3.05, 3.63) is 0 Å². The van der Waals surface area contributed by atoms with Crippen LogP contribution in [0.2, 0.25) is 0 Å². The van der Waals surface area contributed by atoms with Crippen molar-refractivity contribution in [1.82, 2.24) is 10.2 Å². The average molecular weight is 271 g/mol. The zero-order valence-corrected chi connectivity index (χ0v) is 12.6. The van der Waals surface area contributed by atoms with Crippen LogP contribution in [-0.4, -0.2) is 56.2 Å². The number of hydrogen-bond acceptors (Lipinski definition) is 4.